The van der Waals surface area contributed by atoms with Crippen molar-refractivity contribution in [1.82, 2.24) is 9.55 Å². The molecule has 0 fully saturated rings. The van der Waals surface area contributed by atoms with E-state index < -0.39 is 5.97 Å². The van der Waals surface area contributed by atoms with Crippen LogP contribution in [0.1, 0.15) is 35.9 Å². The number of hydrogen-bond donors (Lipinski definition) is 1. The molecule has 0 atom stereocenters. The highest BCUT2D eigenvalue weighted by atomic mass is 32.1. The van der Waals surface area contributed by atoms with Gasteiger partial charge in [-0.1, -0.05) is 13.8 Å². The smallest absolute Gasteiger partial charge is 0.335 e. The Morgan fingerprint density at radius 3 is 2.75 bits per heavy atom. The number of aromatic carboxylic acids is 1. The van der Waals surface area contributed by atoms with E-state index in [4.69, 9.17) is 5.11 Å². The highest BCUT2D eigenvalue weighted by molar-refractivity contribution is 7.08. The lowest BCUT2D eigenvalue weighted by Crippen LogP contribution is -2.02. The number of carbonyl (C=O) groups is 1. The van der Waals surface area contributed by atoms with Crippen molar-refractivity contribution in [2.75, 3.05) is 0 Å². The molecule has 0 amide bonds. The van der Waals surface area contributed by atoms with Crippen LogP contribution in [-0.2, 0) is 0 Å². The van der Waals surface area contributed by atoms with Crippen LogP contribution in [-0.4, -0.2) is 20.6 Å². The number of fused-ring (bicyclic) bond motifs is 1. The molecule has 0 aliphatic heterocycles. The maximum atomic E-state index is 11.2. The first-order chi connectivity index (χ1) is 9.58. The van der Waals surface area contributed by atoms with Gasteiger partial charge >= 0.3 is 5.97 Å². The Bertz CT molecular complexity index is 773. The number of carboxylic acids is 1. The average Bonchev–Trinajstić information content (AvgIpc) is 3.03. The van der Waals surface area contributed by atoms with Crippen molar-refractivity contribution in [3.63, 3.8) is 0 Å². The summed E-state index contributed by atoms with van der Waals surface area (Å²) < 4.78 is 2.04. The van der Waals surface area contributed by atoms with Crippen LogP contribution in [0.5, 0.6) is 0 Å². The first-order valence-electron chi connectivity index (χ1n) is 6.36. The lowest BCUT2D eigenvalue weighted by Gasteiger charge is -2.09. The Morgan fingerprint density at radius 2 is 2.15 bits per heavy atom. The van der Waals surface area contributed by atoms with Crippen molar-refractivity contribution in [3.8, 4) is 5.69 Å². The molecule has 20 heavy (non-hydrogen) atoms. The zero-order valence-electron chi connectivity index (χ0n) is 11.2. The van der Waals surface area contributed by atoms with Gasteiger partial charge in [0.2, 0.25) is 0 Å². The fourth-order valence-corrected chi connectivity index (χ4v) is 2.89. The minimum Gasteiger partial charge on any atom is -0.478 e. The van der Waals surface area contributed by atoms with Gasteiger partial charge in [-0.15, -0.1) is 0 Å². The molecule has 0 bridgehead atoms. The molecule has 0 radical (unpaired) electrons. The fourth-order valence-electron chi connectivity index (χ4n) is 2.27. The summed E-state index contributed by atoms with van der Waals surface area (Å²) in [5.41, 5.74) is 2.98. The van der Waals surface area contributed by atoms with Crippen LogP contribution in [0.25, 0.3) is 16.7 Å². The van der Waals surface area contributed by atoms with Gasteiger partial charge in [0.15, 0.2) is 0 Å². The normalized spacial score (nSPS) is 11.3. The van der Waals surface area contributed by atoms with Gasteiger partial charge in [0.1, 0.15) is 5.82 Å². The third-order valence-electron chi connectivity index (χ3n) is 3.21. The summed E-state index contributed by atoms with van der Waals surface area (Å²) in [6.07, 6.45) is 0. The SMILES string of the molecule is CC(C)c1nc2ccc(C(=O)O)cc2n1-c1ccsc1. The third-order valence-corrected chi connectivity index (χ3v) is 3.88. The van der Waals surface area contributed by atoms with Crippen LogP contribution >= 0.6 is 11.3 Å². The van der Waals surface area contributed by atoms with Crippen LogP contribution in [0, 0.1) is 0 Å². The second-order valence-electron chi connectivity index (χ2n) is 4.95. The van der Waals surface area contributed by atoms with Crippen molar-refractivity contribution in [3.05, 3.63) is 46.4 Å². The number of thiophene rings is 1. The van der Waals surface area contributed by atoms with Gasteiger partial charge in [-0.2, -0.15) is 11.3 Å². The molecule has 2 aromatic heterocycles. The molecule has 0 saturated heterocycles. The first kappa shape index (κ1) is 12.9. The van der Waals surface area contributed by atoms with Crippen LogP contribution < -0.4 is 0 Å². The number of benzene rings is 1. The Labute approximate surface area is 120 Å². The summed E-state index contributed by atoms with van der Waals surface area (Å²) in [6.45, 7) is 4.17. The molecule has 1 N–H and O–H groups in total. The van der Waals surface area contributed by atoms with Gasteiger partial charge in [-0.05, 0) is 29.6 Å². The fraction of sp³-hybridized carbons (Fsp3) is 0.200. The highest BCUT2D eigenvalue weighted by Gasteiger charge is 2.16. The number of aromatic nitrogens is 2. The van der Waals surface area contributed by atoms with Crippen molar-refractivity contribution in [1.29, 1.82) is 0 Å². The molecule has 0 unspecified atom stereocenters. The summed E-state index contributed by atoms with van der Waals surface area (Å²) in [6, 6.07) is 7.08. The Morgan fingerprint density at radius 1 is 1.35 bits per heavy atom. The molecule has 4 nitrogen and oxygen atoms in total. The predicted octanol–water partition coefficient (Wildman–Crippen LogP) is 3.91. The van der Waals surface area contributed by atoms with Crippen LogP contribution in [0.15, 0.2) is 35.0 Å². The molecule has 3 aromatic rings. The maximum Gasteiger partial charge on any atom is 0.335 e. The third kappa shape index (κ3) is 2.00. The van der Waals surface area contributed by atoms with E-state index >= 15 is 0 Å². The van der Waals surface area contributed by atoms with Crippen molar-refractivity contribution in [2.45, 2.75) is 19.8 Å². The maximum absolute atomic E-state index is 11.2. The minimum atomic E-state index is -0.920. The largest absolute Gasteiger partial charge is 0.478 e. The summed E-state index contributed by atoms with van der Waals surface area (Å²) in [7, 11) is 0. The molecule has 0 aliphatic rings. The van der Waals surface area contributed by atoms with Crippen LogP contribution in [0.2, 0.25) is 0 Å². The number of carboxylic acid groups (broad SMARTS) is 1. The molecule has 5 heteroatoms. The monoisotopic (exact) mass is 286 g/mol. The molecule has 0 spiro atoms. The lowest BCUT2D eigenvalue weighted by atomic mass is 10.2. The number of rotatable bonds is 3. The van der Waals surface area contributed by atoms with Gasteiger partial charge in [-0.3, -0.25) is 4.57 Å². The zero-order valence-corrected chi connectivity index (χ0v) is 12.0. The second-order valence-corrected chi connectivity index (χ2v) is 5.73. The zero-order chi connectivity index (χ0) is 14.3. The number of hydrogen-bond acceptors (Lipinski definition) is 3. The quantitative estimate of drug-likeness (QED) is 0.794. The van der Waals surface area contributed by atoms with E-state index in [0.717, 1.165) is 22.5 Å². The Hall–Kier alpha value is -2.14. The Kier molecular flexibility index (Phi) is 3.06. The summed E-state index contributed by atoms with van der Waals surface area (Å²) in [5.74, 6) is 0.285. The van der Waals surface area contributed by atoms with Gasteiger partial charge in [-0.25, -0.2) is 9.78 Å². The topological polar surface area (TPSA) is 55.1 Å². The van der Waals surface area contributed by atoms with Crippen molar-refractivity contribution < 1.29 is 9.90 Å². The standard InChI is InChI=1S/C15H14N2O2S/c1-9(2)14-16-12-4-3-10(15(18)19)7-13(12)17(14)11-5-6-20-8-11/h3-9H,1-2H3,(H,18,19). The van der Waals surface area contributed by atoms with E-state index in [-0.39, 0.29) is 11.5 Å². The van der Waals surface area contributed by atoms with E-state index in [9.17, 15) is 4.79 Å². The Balaban J connectivity index is 2.35. The molecule has 3 rings (SSSR count). The first-order valence-corrected chi connectivity index (χ1v) is 7.30. The number of imidazole rings is 1. The highest BCUT2D eigenvalue weighted by Crippen LogP contribution is 2.27. The number of nitrogens with zero attached hydrogens (tertiary/aromatic N) is 2. The van der Waals surface area contributed by atoms with E-state index in [1.807, 2.05) is 21.4 Å². The molecule has 0 aliphatic carbocycles. The van der Waals surface area contributed by atoms with E-state index in [0.29, 0.717) is 0 Å². The second kappa shape index (κ2) is 4.76. The van der Waals surface area contributed by atoms with E-state index in [1.165, 1.54) is 0 Å². The minimum absolute atomic E-state index is 0.260. The van der Waals surface area contributed by atoms with Gasteiger partial charge in [0.25, 0.3) is 0 Å². The van der Waals surface area contributed by atoms with Crippen LogP contribution in [0.4, 0.5) is 0 Å². The molecular formula is C15H14N2O2S. The van der Waals surface area contributed by atoms with Crippen molar-refractivity contribution >= 4 is 28.3 Å². The van der Waals surface area contributed by atoms with Gasteiger partial charge < -0.3 is 5.11 Å². The summed E-state index contributed by atoms with van der Waals surface area (Å²) in [4.78, 5) is 15.8. The molecule has 0 saturated carbocycles. The summed E-state index contributed by atoms with van der Waals surface area (Å²) >= 11 is 1.61. The lowest BCUT2D eigenvalue weighted by molar-refractivity contribution is 0.0697. The van der Waals surface area contributed by atoms with E-state index in [2.05, 4.69) is 18.8 Å². The average molecular weight is 286 g/mol. The van der Waals surface area contributed by atoms with Gasteiger partial charge in [0.05, 0.1) is 22.3 Å². The predicted molar refractivity (Wildman–Crippen MR) is 80.0 cm³/mol. The molecular weight excluding hydrogens is 272 g/mol. The van der Waals surface area contributed by atoms with E-state index in [1.54, 1.807) is 29.5 Å². The van der Waals surface area contributed by atoms with Crippen molar-refractivity contribution in [2.24, 2.45) is 0 Å². The van der Waals surface area contributed by atoms with Crippen LogP contribution in [0.3, 0.4) is 0 Å². The summed E-state index contributed by atoms with van der Waals surface area (Å²) in [5, 5.41) is 13.2. The molecule has 102 valence electrons. The molecule has 2 heterocycles. The van der Waals surface area contributed by atoms with Gasteiger partial charge in [0, 0.05) is 11.3 Å². The molecule has 1 aromatic carbocycles.